The molecular weight excluding hydrogens is 404 g/mol. The molecule has 2 N–H and O–H groups in total. The fourth-order valence-corrected chi connectivity index (χ4v) is 4.66. The van der Waals surface area contributed by atoms with Crippen LogP contribution < -0.4 is 5.73 Å². The molecule has 1 amide bonds. The Morgan fingerprint density at radius 3 is 1.97 bits per heavy atom. The Bertz CT molecular complexity index is 1210. The number of amides is 1. The predicted octanol–water partition coefficient (Wildman–Crippen LogP) is 6.81. The molecule has 1 aromatic heterocycles. The van der Waals surface area contributed by atoms with E-state index in [1.54, 1.807) is 0 Å². The maximum atomic E-state index is 12.6. The van der Waals surface area contributed by atoms with Gasteiger partial charge in [-0.2, -0.15) is 0 Å². The summed E-state index contributed by atoms with van der Waals surface area (Å²) in [6, 6.07) is 29.4. The summed E-state index contributed by atoms with van der Waals surface area (Å²) in [4.78, 5) is 12.6. The van der Waals surface area contributed by atoms with Crippen LogP contribution in [0.5, 0.6) is 0 Å². The van der Waals surface area contributed by atoms with Crippen LogP contribution >= 0.6 is 0 Å². The lowest BCUT2D eigenvalue weighted by molar-refractivity contribution is 0.1000. The molecule has 4 rings (SSSR count). The van der Waals surface area contributed by atoms with Gasteiger partial charge >= 0.3 is 0 Å². The van der Waals surface area contributed by atoms with Gasteiger partial charge in [-0.3, -0.25) is 4.79 Å². The van der Waals surface area contributed by atoms with Gasteiger partial charge in [-0.25, -0.2) is 0 Å². The van der Waals surface area contributed by atoms with Gasteiger partial charge in [0.1, 0.15) is 0 Å². The van der Waals surface area contributed by atoms with Crippen LogP contribution in [0.4, 0.5) is 0 Å². The van der Waals surface area contributed by atoms with Gasteiger partial charge in [0, 0.05) is 23.5 Å². The summed E-state index contributed by atoms with van der Waals surface area (Å²) >= 11 is 0. The lowest BCUT2D eigenvalue weighted by Gasteiger charge is -2.14. The molecule has 3 heteroatoms. The number of aromatic nitrogens is 1. The van der Waals surface area contributed by atoms with Crippen molar-refractivity contribution < 1.29 is 4.79 Å². The zero-order valence-electron chi connectivity index (χ0n) is 19.6. The normalized spacial score (nSPS) is 11.0. The molecule has 0 bridgehead atoms. The lowest BCUT2D eigenvalue weighted by Crippen LogP contribution is -2.14. The number of nitrogens with zero attached hydrogens (tertiary/aromatic N) is 1. The first-order valence-corrected chi connectivity index (χ1v) is 11.8. The second-order valence-corrected chi connectivity index (χ2v) is 8.58. The van der Waals surface area contributed by atoms with Crippen LogP contribution in [0.3, 0.4) is 0 Å². The van der Waals surface area contributed by atoms with E-state index in [4.69, 9.17) is 5.73 Å². The standard InChI is InChI=1S/C30H32N2O/c1-3-4-15-27-29(26-18-16-25(17-19-26)24-13-9-6-10-14-24)28(30(31)33)22(2)32(27)21-20-23-11-7-5-8-12-23/h5-14,16-19H,3-4,15,20-21H2,1-2H3,(H2,31,33). The highest BCUT2D eigenvalue weighted by Crippen LogP contribution is 2.35. The van der Waals surface area contributed by atoms with Gasteiger partial charge in [-0.15, -0.1) is 0 Å². The summed E-state index contributed by atoms with van der Waals surface area (Å²) in [5.74, 6) is -0.356. The number of carbonyl (C=O) groups is 1. The molecule has 168 valence electrons. The Morgan fingerprint density at radius 1 is 0.788 bits per heavy atom. The molecular formula is C30H32N2O. The van der Waals surface area contributed by atoms with Crippen LogP contribution in [-0.4, -0.2) is 10.5 Å². The van der Waals surface area contributed by atoms with E-state index in [1.165, 1.54) is 16.8 Å². The molecule has 0 aliphatic heterocycles. The third-order valence-corrected chi connectivity index (χ3v) is 6.39. The number of benzene rings is 3. The minimum Gasteiger partial charge on any atom is -0.366 e. The second kappa shape index (κ2) is 10.4. The van der Waals surface area contributed by atoms with E-state index in [0.717, 1.165) is 54.6 Å². The van der Waals surface area contributed by atoms with E-state index < -0.39 is 0 Å². The van der Waals surface area contributed by atoms with Crippen molar-refractivity contribution in [3.8, 4) is 22.3 Å². The van der Waals surface area contributed by atoms with E-state index in [1.807, 2.05) is 31.2 Å². The summed E-state index contributed by atoms with van der Waals surface area (Å²) in [7, 11) is 0. The lowest BCUT2D eigenvalue weighted by atomic mass is 9.95. The van der Waals surface area contributed by atoms with Crippen molar-refractivity contribution in [3.63, 3.8) is 0 Å². The van der Waals surface area contributed by atoms with Gasteiger partial charge in [0.15, 0.2) is 0 Å². The molecule has 0 aliphatic rings. The fourth-order valence-electron chi connectivity index (χ4n) is 4.66. The molecule has 0 saturated carbocycles. The van der Waals surface area contributed by atoms with Crippen molar-refractivity contribution in [3.05, 3.63) is 107 Å². The molecule has 0 radical (unpaired) electrons. The monoisotopic (exact) mass is 436 g/mol. The minimum atomic E-state index is -0.356. The van der Waals surface area contributed by atoms with Crippen molar-refractivity contribution in [2.45, 2.75) is 46.1 Å². The van der Waals surface area contributed by atoms with Crippen LogP contribution in [0.1, 0.15) is 47.1 Å². The molecule has 3 nitrogen and oxygen atoms in total. The van der Waals surface area contributed by atoms with E-state index in [0.29, 0.717) is 5.56 Å². The highest BCUT2D eigenvalue weighted by atomic mass is 16.1. The molecule has 1 heterocycles. The molecule has 0 aliphatic carbocycles. The number of hydrogen-bond donors (Lipinski definition) is 1. The first-order chi connectivity index (χ1) is 16.1. The quantitative estimate of drug-likeness (QED) is 0.308. The van der Waals surface area contributed by atoms with Gasteiger partial charge < -0.3 is 10.3 Å². The van der Waals surface area contributed by atoms with Crippen LogP contribution in [0.2, 0.25) is 0 Å². The minimum absolute atomic E-state index is 0.356. The predicted molar refractivity (Wildman–Crippen MR) is 137 cm³/mol. The third kappa shape index (κ3) is 4.93. The van der Waals surface area contributed by atoms with Crippen LogP contribution in [0, 0.1) is 6.92 Å². The van der Waals surface area contributed by atoms with E-state index in [2.05, 4.69) is 72.2 Å². The van der Waals surface area contributed by atoms with E-state index in [-0.39, 0.29) is 5.91 Å². The van der Waals surface area contributed by atoms with Crippen molar-refractivity contribution in [1.82, 2.24) is 4.57 Å². The average Bonchev–Trinajstić information content (AvgIpc) is 3.14. The van der Waals surface area contributed by atoms with Gasteiger partial charge in [0.25, 0.3) is 5.91 Å². The molecule has 0 unspecified atom stereocenters. The summed E-state index contributed by atoms with van der Waals surface area (Å²) < 4.78 is 2.32. The first kappa shape index (κ1) is 22.6. The van der Waals surface area contributed by atoms with Crippen molar-refractivity contribution in [2.75, 3.05) is 0 Å². The van der Waals surface area contributed by atoms with Gasteiger partial charge in [-0.1, -0.05) is 98.3 Å². The fraction of sp³-hybridized carbons (Fsp3) is 0.233. The van der Waals surface area contributed by atoms with Crippen LogP contribution in [0.25, 0.3) is 22.3 Å². The molecule has 0 spiro atoms. The summed E-state index contributed by atoms with van der Waals surface area (Å²) in [5, 5.41) is 0. The summed E-state index contributed by atoms with van der Waals surface area (Å²) in [6.07, 6.45) is 4.01. The molecule has 0 atom stereocenters. The number of unbranched alkanes of at least 4 members (excludes halogenated alkanes) is 1. The topological polar surface area (TPSA) is 48.0 Å². The Balaban J connectivity index is 1.77. The smallest absolute Gasteiger partial charge is 0.251 e. The molecule has 4 aromatic rings. The second-order valence-electron chi connectivity index (χ2n) is 8.58. The Hall–Kier alpha value is -3.59. The zero-order valence-corrected chi connectivity index (χ0v) is 19.6. The van der Waals surface area contributed by atoms with E-state index >= 15 is 0 Å². The number of nitrogens with two attached hydrogens (primary N) is 1. The first-order valence-electron chi connectivity index (χ1n) is 11.8. The number of hydrogen-bond acceptors (Lipinski definition) is 1. The Labute approximate surface area is 196 Å². The number of carbonyl (C=O) groups excluding carboxylic acids is 1. The van der Waals surface area contributed by atoms with Gasteiger partial charge in [-0.05, 0) is 48.4 Å². The molecule has 3 aromatic carbocycles. The van der Waals surface area contributed by atoms with Crippen molar-refractivity contribution in [1.29, 1.82) is 0 Å². The highest BCUT2D eigenvalue weighted by Gasteiger charge is 2.24. The van der Waals surface area contributed by atoms with Gasteiger partial charge in [0.2, 0.25) is 0 Å². The number of aryl methyl sites for hydroxylation is 1. The third-order valence-electron chi connectivity index (χ3n) is 6.39. The summed E-state index contributed by atoms with van der Waals surface area (Å²) in [5.41, 5.74) is 14.5. The Morgan fingerprint density at radius 2 is 1.36 bits per heavy atom. The maximum Gasteiger partial charge on any atom is 0.251 e. The van der Waals surface area contributed by atoms with Crippen LogP contribution in [0.15, 0.2) is 84.9 Å². The SMILES string of the molecule is CCCCc1c(-c2ccc(-c3ccccc3)cc2)c(C(N)=O)c(C)n1CCc1ccccc1. The van der Waals surface area contributed by atoms with Gasteiger partial charge in [0.05, 0.1) is 5.56 Å². The highest BCUT2D eigenvalue weighted by molar-refractivity contribution is 6.02. The molecule has 33 heavy (non-hydrogen) atoms. The van der Waals surface area contributed by atoms with Crippen molar-refractivity contribution in [2.24, 2.45) is 5.73 Å². The number of rotatable bonds is 9. The van der Waals surface area contributed by atoms with Crippen LogP contribution in [-0.2, 0) is 19.4 Å². The van der Waals surface area contributed by atoms with Crippen molar-refractivity contribution >= 4 is 5.91 Å². The molecule has 0 fully saturated rings. The summed E-state index contributed by atoms with van der Waals surface area (Å²) in [6.45, 7) is 5.06. The van der Waals surface area contributed by atoms with E-state index in [9.17, 15) is 4.79 Å². The largest absolute Gasteiger partial charge is 0.366 e. The average molecular weight is 437 g/mol. The molecule has 0 saturated heterocycles. The number of primary amides is 1. The maximum absolute atomic E-state index is 12.6. The Kier molecular flexibility index (Phi) is 7.09. The zero-order chi connectivity index (χ0) is 23.2.